The highest BCUT2D eigenvalue weighted by Gasteiger charge is 2.11. The molecule has 1 amide bonds. The molecular weight excluding hydrogens is 314 g/mol. The van der Waals surface area contributed by atoms with Crippen molar-refractivity contribution < 1.29 is 14.3 Å². The zero-order chi connectivity index (χ0) is 18.1. The zero-order valence-corrected chi connectivity index (χ0v) is 15.2. The molecule has 2 aromatic carbocycles. The molecule has 0 aromatic heterocycles. The number of hydrogen-bond acceptors (Lipinski definition) is 3. The van der Waals surface area contributed by atoms with Gasteiger partial charge in [-0.1, -0.05) is 44.2 Å². The fourth-order valence-corrected chi connectivity index (χ4v) is 2.41. The SMILES string of the molecule is CCOc1ccc(C(=O)NCc2ccccc2)cc1COCC(C)C. The van der Waals surface area contributed by atoms with Crippen LogP contribution in [0.3, 0.4) is 0 Å². The molecule has 2 aromatic rings. The third-order valence-electron chi connectivity index (χ3n) is 3.63. The summed E-state index contributed by atoms with van der Waals surface area (Å²) < 4.78 is 11.4. The van der Waals surface area contributed by atoms with Crippen LogP contribution in [0.1, 0.15) is 42.3 Å². The second-order valence-electron chi connectivity index (χ2n) is 6.33. The standard InChI is InChI=1S/C21H27NO3/c1-4-25-20-11-10-18(12-19(20)15-24-14-16(2)3)21(23)22-13-17-8-6-5-7-9-17/h5-12,16H,4,13-15H2,1-3H3,(H,22,23). The van der Waals surface area contributed by atoms with Gasteiger partial charge >= 0.3 is 0 Å². The van der Waals surface area contributed by atoms with Gasteiger partial charge in [0.1, 0.15) is 5.75 Å². The van der Waals surface area contributed by atoms with Gasteiger partial charge < -0.3 is 14.8 Å². The Bertz CT molecular complexity index is 668. The lowest BCUT2D eigenvalue weighted by Crippen LogP contribution is -2.23. The van der Waals surface area contributed by atoms with Crippen LogP contribution in [0.5, 0.6) is 5.75 Å². The summed E-state index contributed by atoms with van der Waals surface area (Å²) in [6, 6.07) is 15.3. The van der Waals surface area contributed by atoms with Crippen LogP contribution in [0, 0.1) is 5.92 Å². The highest BCUT2D eigenvalue weighted by Crippen LogP contribution is 2.22. The van der Waals surface area contributed by atoms with E-state index >= 15 is 0 Å². The summed E-state index contributed by atoms with van der Waals surface area (Å²) in [7, 11) is 0. The van der Waals surface area contributed by atoms with Gasteiger partial charge in [-0.25, -0.2) is 0 Å². The molecule has 2 rings (SSSR count). The van der Waals surface area contributed by atoms with Crippen LogP contribution < -0.4 is 10.1 Å². The normalized spacial score (nSPS) is 10.7. The number of ether oxygens (including phenoxy) is 2. The first-order valence-electron chi connectivity index (χ1n) is 8.75. The number of carbonyl (C=O) groups excluding carboxylic acids is 1. The fourth-order valence-electron chi connectivity index (χ4n) is 2.41. The minimum atomic E-state index is -0.1000. The smallest absolute Gasteiger partial charge is 0.251 e. The number of benzene rings is 2. The average molecular weight is 341 g/mol. The Balaban J connectivity index is 2.04. The highest BCUT2D eigenvalue weighted by molar-refractivity contribution is 5.94. The minimum Gasteiger partial charge on any atom is -0.494 e. The van der Waals surface area contributed by atoms with Gasteiger partial charge in [0.2, 0.25) is 0 Å². The number of carbonyl (C=O) groups is 1. The predicted octanol–water partition coefficient (Wildman–Crippen LogP) is 4.19. The van der Waals surface area contributed by atoms with Crippen LogP contribution in [0.4, 0.5) is 0 Å². The van der Waals surface area contributed by atoms with E-state index in [0.29, 0.717) is 37.8 Å². The van der Waals surface area contributed by atoms with E-state index in [1.807, 2.05) is 49.4 Å². The van der Waals surface area contributed by atoms with Gasteiger partial charge in [0.05, 0.1) is 13.2 Å². The van der Waals surface area contributed by atoms with Crippen LogP contribution in [-0.2, 0) is 17.9 Å². The van der Waals surface area contributed by atoms with Crippen molar-refractivity contribution in [1.29, 1.82) is 0 Å². The molecule has 0 saturated carbocycles. The first-order valence-corrected chi connectivity index (χ1v) is 8.75. The van der Waals surface area contributed by atoms with Gasteiger partial charge in [-0.05, 0) is 36.6 Å². The number of hydrogen-bond donors (Lipinski definition) is 1. The van der Waals surface area contributed by atoms with E-state index in [-0.39, 0.29) is 5.91 Å². The van der Waals surface area contributed by atoms with E-state index in [0.717, 1.165) is 16.9 Å². The predicted molar refractivity (Wildman–Crippen MR) is 99.7 cm³/mol. The van der Waals surface area contributed by atoms with Crippen molar-refractivity contribution in [2.75, 3.05) is 13.2 Å². The van der Waals surface area contributed by atoms with Crippen molar-refractivity contribution in [2.24, 2.45) is 5.92 Å². The van der Waals surface area contributed by atoms with Crippen molar-refractivity contribution in [1.82, 2.24) is 5.32 Å². The summed E-state index contributed by atoms with van der Waals surface area (Å²) in [6.07, 6.45) is 0. The molecule has 0 radical (unpaired) electrons. The molecule has 0 spiro atoms. The molecule has 25 heavy (non-hydrogen) atoms. The first-order chi connectivity index (χ1) is 12.1. The van der Waals surface area contributed by atoms with E-state index in [1.54, 1.807) is 6.07 Å². The van der Waals surface area contributed by atoms with Crippen LogP contribution in [0.15, 0.2) is 48.5 Å². The van der Waals surface area contributed by atoms with E-state index < -0.39 is 0 Å². The minimum absolute atomic E-state index is 0.1000. The van der Waals surface area contributed by atoms with Crippen molar-refractivity contribution in [3.05, 3.63) is 65.2 Å². The summed E-state index contributed by atoms with van der Waals surface area (Å²) in [5.41, 5.74) is 2.58. The Kier molecular flexibility index (Phi) is 7.48. The zero-order valence-electron chi connectivity index (χ0n) is 15.2. The molecular formula is C21H27NO3. The molecule has 1 N–H and O–H groups in total. The van der Waals surface area contributed by atoms with Crippen LogP contribution >= 0.6 is 0 Å². The van der Waals surface area contributed by atoms with Crippen LogP contribution in [0.25, 0.3) is 0 Å². The maximum absolute atomic E-state index is 12.4. The number of amides is 1. The van der Waals surface area contributed by atoms with E-state index in [2.05, 4.69) is 19.2 Å². The second kappa shape index (κ2) is 9.84. The van der Waals surface area contributed by atoms with E-state index in [9.17, 15) is 4.79 Å². The van der Waals surface area contributed by atoms with E-state index in [4.69, 9.17) is 9.47 Å². The van der Waals surface area contributed by atoms with Crippen LogP contribution in [0.2, 0.25) is 0 Å². The second-order valence-corrected chi connectivity index (χ2v) is 6.33. The molecule has 0 saturated heterocycles. The maximum Gasteiger partial charge on any atom is 0.251 e. The molecule has 0 bridgehead atoms. The van der Waals surface area contributed by atoms with Crippen LogP contribution in [-0.4, -0.2) is 19.1 Å². The number of nitrogens with one attached hydrogen (secondary N) is 1. The molecule has 4 heteroatoms. The molecule has 4 nitrogen and oxygen atoms in total. The molecule has 0 heterocycles. The monoisotopic (exact) mass is 341 g/mol. The Morgan fingerprint density at radius 2 is 1.88 bits per heavy atom. The Morgan fingerprint density at radius 3 is 2.56 bits per heavy atom. The van der Waals surface area contributed by atoms with Crippen molar-refractivity contribution in [3.8, 4) is 5.75 Å². The lowest BCUT2D eigenvalue weighted by molar-refractivity contribution is 0.0935. The van der Waals surface area contributed by atoms with Gasteiger partial charge in [-0.15, -0.1) is 0 Å². The van der Waals surface area contributed by atoms with Gasteiger partial charge in [0.25, 0.3) is 5.91 Å². The van der Waals surface area contributed by atoms with Gasteiger partial charge in [0.15, 0.2) is 0 Å². The molecule has 0 aliphatic carbocycles. The Labute approximate surface area is 150 Å². The summed E-state index contributed by atoms with van der Waals surface area (Å²) in [4.78, 5) is 12.4. The number of rotatable bonds is 9. The molecule has 0 unspecified atom stereocenters. The van der Waals surface area contributed by atoms with Crippen molar-refractivity contribution >= 4 is 5.91 Å². The first kappa shape index (κ1) is 19.0. The van der Waals surface area contributed by atoms with Gasteiger partial charge in [-0.2, -0.15) is 0 Å². The third-order valence-corrected chi connectivity index (χ3v) is 3.63. The quantitative estimate of drug-likeness (QED) is 0.744. The average Bonchev–Trinajstić information content (AvgIpc) is 2.61. The van der Waals surface area contributed by atoms with Crippen molar-refractivity contribution in [2.45, 2.75) is 33.9 Å². The summed E-state index contributed by atoms with van der Waals surface area (Å²) in [6.45, 7) is 8.36. The largest absolute Gasteiger partial charge is 0.494 e. The Hall–Kier alpha value is -2.33. The highest BCUT2D eigenvalue weighted by atomic mass is 16.5. The summed E-state index contributed by atoms with van der Waals surface area (Å²) >= 11 is 0. The Morgan fingerprint density at radius 1 is 1.12 bits per heavy atom. The topological polar surface area (TPSA) is 47.6 Å². The van der Waals surface area contributed by atoms with E-state index in [1.165, 1.54) is 0 Å². The molecule has 0 fully saturated rings. The lowest BCUT2D eigenvalue weighted by atomic mass is 10.1. The molecule has 134 valence electrons. The lowest BCUT2D eigenvalue weighted by Gasteiger charge is -2.13. The molecule has 0 aliphatic heterocycles. The third kappa shape index (κ3) is 6.24. The summed E-state index contributed by atoms with van der Waals surface area (Å²) in [5, 5.41) is 2.95. The van der Waals surface area contributed by atoms with Gasteiger partial charge in [-0.3, -0.25) is 4.79 Å². The fraction of sp³-hybridized carbons (Fsp3) is 0.381. The molecule has 0 atom stereocenters. The maximum atomic E-state index is 12.4. The summed E-state index contributed by atoms with van der Waals surface area (Å²) in [5.74, 6) is 1.13. The van der Waals surface area contributed by atoms with Gasteiger partial charge in [0, 0.05) is 24.3 Å². The van der Waals surface area contributed by atoms with Crippen molar-refractivity contribution in [3.63, 3.8) is 0 Å². The molecule has 0 aliphatic rings.